The van der Waals surface area contributed by atoms with Gasteiger partial charge in [-0.1, -0.05) is 0 Å². The molecule has 1 saturated heterocycles. The molecule has 0 radical (unpaired) electrons. The lowest BCUT2D eigenvalue weighted by Gasteiger charge is -2.34. The normalized spacial score (nSPS) is 17.6. The van der Waals surface area contributed by atoms with Gasteiger partial charge in [0.1, 0.15) is 6.23 Å². The summed E-state index contributed by atoms with van der Waals surface area (Å²) < 4.78 is 43.2. The maximum atomic E-state index is 13.1. The minimum absolute atomic E-state index is 0.00991. The van der Waals surface area contributed by atoms with Crippen LogP contribution in [-0.2, 0) is 24.3 Å². The maximum absolute atomic E-state index is 13.1. The summed E-state index contributed by atoms with van der Waals surface area (Å²) in [5.74, 6) is -0.947. The Labute approximate surface area is 164 Å². The predicted molar refractivity (Wildman–Crippen MR) is 99.5 cm³/mol. The topological polar surface area (TPSA) is 123 Å². The molecule has 28 heavy (non-hydrogen) atoms. The van der Waals surface area contributed by atoms with Crippen molar-refractivity contribution in [2.75, 3.05) is 40.5 Å². The summed E-state index contributed by atoms with van der Waals surface area (Å²) in [5.41, 5.74) is 0. The van der Waals surface area contributed by atoms with Gasteiger partial charge >= 0.3 is 11.8 Å². The number of rotatable bonds is 7. The number of sulfonamides is 1. The highest BCUT2D eigenvalue weighted by molar-refractivity contribution is 7.89. The third-order valence-electron chi connectivity index (χ3n) is 4.10. The number of amides is 2. The van der Waals surface area contributed by atoms with Crippen molar-refractivity contribution >= 4 is 21.8 Å². The fourth-order valence-electron chi connectivity index (χ4n) is 2.72. The van der Waals surface area contributed by atoms with Crippen LogP contribution in [0.25, 0.3) is 0 Å². The summed E-state index contributed by atoms with van der Waals surface area (Å²) in [6.45, 7) is 2.42. The Morgan fingerprint density at radius 3 is 2.50 bits per heavy atom. The van der Waals surface area contributed by atoms with E-state index in [1.807, 2.05) is 0 Å². The van der Waals surface area contributed by atoms with E-state index in [-0.39, 0.29) is 23.7 Å². The maximum Gasteiger partial charge on any atom is 0.309 e. The van der Waals surface area contributed by atoms with Crippen LogP contribution < -0.4 is 20.1 Å². The Balaban J connectivity index is 2.20. The van der Waals surface area contributed by atoms with Crippen molar-refractivity contribution in [3.63, 3.8) is 0 Å². The second-order valence-corrected chi connectivity index (χ2v) is 7.77. The first kappa shape index (κ1) is 21.9. The first-order valence-corrected chi connectivity index (χ1v) is 10.2. The zero-order valence-electron chi connectivity index (χ0n) is 16.1. The largest absolute Gasteiger partial charge is 0.493 e. The lowest BCUT2D eigenvalue weighted by molar-refractivity contribution is -0.140. The van der Waals surface area contributed by atoms with Gasteiger partial charge in [-0.05, 0) is 25.5 Å². The van der Waals surface area contributed by atoms with Crippen LogP contribution in [0.1, 0.15) is 13.3 Å². The molecule has 10 nitrogen and oxygen atoms in total. The summed E-state index contributed by atoms with van der Waals surface area (Å²) in [6.07, 6.45) is -0.418. The molecule has 11 heteroatoms. The Morgan fingerprint density at radius 1 is 1.18 bits per heavy atom. The van der Waals surface area contributed by atoms with Gasteiger partial charge in [0.2, 0.25) is 10.0 Å². The van der Waals surface area contributed by atoms with Gasteiger partial charge in [0.05, 0.1) is 32.3 Å². The van der Waals surface area contributed by atoms with E-state index in [4.69, 9.17) is 14.2 Å². The van der Waals surface area contributed by atoms with Gasteiger partial charge in [0.25, 0.3) is 0 Å². The van der Waals surface area contributed by atoms with Crippen LogP contribution >= 0.6 is 0 Å². The van der Waals surface area contributed by atoms with Crippen molar-refractivity contribution in [3.05, 3.63) is 18.2 Å². The molecule has 2 rings (SSSR count). The van der Waals surface area contributed by atoms with Crippen LogP contribution in [0.4, 0.5) is 0 Å². The van der Waals surface area contributed by atoms with Crippen LogP contribution in [0, 0.1) is 0 Å². The van der Waals surface area contributed by atoms with Gasteiger partial charge in [0.15, 0.2) is 11.5 Å². The molecule has 1 atom stereocenters. The van der Waals surface area contributed by atoms with Gasteiger partial charge in [0, 0.05) is 19.2 Å². The fraction of sp³-hybridized carbons (Fsp3) is 0.529. The fourth-order valence-corrected chi connectivity index (χ4v) is 4.30. The molecule has 1 aromatic carbocycles. The molecule has 1 aliphatic rings. The van der Waals surface area contributed by atoms with Crippen molar-refractivity contribution in [2.45, 2.75) is 24.5 Å². The van der Waals surface area contributed by atoms with Crippen LogP contribution in [0.2, 0.25) is 0 Å². The molecule has 0 unspecified atom stereocenters. The number of ether oxygens (including phenoxy) is 3. The monoisotopic (exact) mass is 415 g/mol. The second kappa shape index (κ2) is 9.71. The minimum atomic E-state index is -3.93. The van der Waals surface area contributed by atoms with Crippen LogP contribution in [-0.4, -0.2) is 71.2 Å². The van der Waals surface area contributed by atoms with Crippen molar-refractivity contribution in [2.24, 2.45) is 0 Å². The van der Waals surface area contributed by atoms with Crippen LogP contribution in [0.3, 0.4) is 0 Å². The van der Waals surface area contributed by atoms with Gasteiger partial charge < -0.3 is 24.8 Å². The molecule has 0 aliphatic carbocycles. The van der Waals surface area contributed by atoms with E-state index >= 15 is 0 Å². The van der Waals surface area contributed by atoms with Gasteiger partial charge in [-0.2, -0.15) is 4.31 Å². The molecule has 156 valence electrons. The molecule has 0 saturated carbocycles. The molecule has 1 aromatic rings. The Morgan fingerprint density at radius 2 is 1.86 bits per heavy atom. The molecule has 1 fully saturated rings. The van der Waals surface area contributed by atoms with E-state index in [0.717, 1.165) is 4.31 Å². The van der Waals surface area contributed by atoms with Crippen molar-refractivity contribution in [1.82, 2.24) is 14.9 Å². The molecule has 2 N–H and O–H groups in total. The Bertz CT molecular complexity index is 813. The number of hydrogen-bond acceptors (Lipinski definition) is 7. The summed E-state index contributed by atoms with van der Waals surface area (Å²) in [4.78, 5) is 23.3. The zero-order valence-corrected chi connectivity index (χ0v) is 16.9. The summed E-state index contributed by atoms with van der Waals surface area (Å²) >= 11 is 0. The van der Waals surface area contributed by atoms with E-state index in [0.29, 0.717) is 25.3 Å². The van der Waals surface area contributed by atoms with E-state index in [2.05, 4.69) is 10.6 Å². The Hall–Kier alpha value is -2.37. The predicted octanol–water partition coefficient (Wildman–Crippen LogP) is -0.307. The number of nitrogens with zero attached hydrogens (tertiary/aromatic N) is 1. The molecular formula is C17H25N3O7S. The molecule has 2 amide bonds. The van der Waals surface area contributed by atoms with E-state index in [1.54, 1.807) is 6.92 Å². The molecular weight excluding hydrogens is 390 g/mol. The summed E-state index contributed by atoms with van der Waals surface area (Å²) in [6, 6.07) is 4.28. The van der Waals surface area contributed by atoms with Gasteiger partial charge in [-0.3, -0.25) is 9.59 Å². The summed E-state index contributed by atoms with van der Waals surface area (Å²) in [7, 11) is -1.06. The lowest BCUT2D eigenvalue weighted by atomic mass is 10.3. The molecule has 0 aromatic heterocycles. The average Bonchev–Trinajstić information content (AvgIpc) is 2.71. The minimum Gasteiger partial charge on any atom is -0.493 e. The summed E-state index contributed by atoms with van der Waals surface area (Å²) in [5, 5.41) is 4.78. The number of benzene rings is 1. The van der Waals surface area contributed by atoms with Gasteiger partial charge in [-0.25, -0.2) is 8.42 Å². The quantitative estimate of drug-likeness (QED) is 0.586. The SMILES string of the molecule is CCNC(=O)C(=O)NC[C@H]1OCCCN1S(=O)(=O)c1ccc(OC)c(OC)c1. The average molecular weight is 415 g/mol. The third kappa shape index (κ3) is 4.91. The highest BCUT2D eigenvalue weighted by atomic mass is 32.2. The number of methoxy groups -OCH3 is 2. The van der Waals surface area contributed by atoms with E-state index in [1.165, 1.54) is 32.4 Å². The van der Waals surface area contributed by atoms with E-state index < -0.39 is 28.1 Å². The number of likely N-dealkylation sites (N-methyl/N-ethyl adjacent to an activating group) is 1. The number of nitrogens with one attached hydrogen (secondary N) is 2. The third-order valence-corrected chi connectivity index (χ3v) is 5.98. The Kier molecular flexibility index (Phi) is 7.61. The van der Waals surface area contributed by atoms with Crippen molar-refractivity contribution < 1.29 is 32.2 Å². The van der Waals surface area contributed by atoms with Crippen molar-refractivity contribution in [1.29, 1.82) is 0 Å². The highest BCUT2D eigenvalue weighted by Gasteiger charge is 2.35. The number of carbonyl (C=O) groups is 2. The molecule has 0 bridgehead atoms. The molecule has 1 heterocycles. The first-order valence-electron chi connectivity index (χ1n) is 8.76. The second-order valence-electron chi connectivity index (χ2n) is 5.88. The number of hydrogen-bond donors (Lipinski definition) is 2. The zero-order chi connectivity index (χ0) is 20.7. The molecule has 0 spiro atoms. The standard InChI is InChI=1S/C17H25N3O7S/c1-4-18-16(21)17(22)19-11-15-20(8-5-9-27-15)28(23,24)12-6-7-13(25-2)14(10-12)26-3/h6-7,10,15H,4-5,8-9,11H2,1-3H3,(H,18,21)(H,19,22)/t15-/m1/s1. The smallest absolute Gasteiger partial charge is 0.309 e. The van der Waals surface area contributed by atoms with Crippen molar-refractivity contribution in [3.8, 4) is 11.5 Å². The first-order chi connectivity index (χ1) is 13.3. The van der Waals surface area contributed by atoms with Crippen LogP contribution in [0.15, 0.2) is 23.1 Å². The number of carbonyl (C=O) groups excluding carboxylic acids is 2. The lowest BCUT2D eigenvalue weighted by Crippen LogP contribution is -2.53. The van der Waals surface area contributed by atoms with E-state index in [9.17, 15) is 18.0 Å². The highest BCUT2D eigenvalue weighted by Crippen LogP contribution is 2.31. The van der Waals surface area contributed by atoms with Crippen LogP contribution in [0.5, 0.6) is 11.5 Å². The van der Waals surface area contributed by atoms with Gasteiger partial charge in [-0.15, -0.1) is 0 Å². The molecule has 1 aliphatic heterocycles.